The third kappa shape index (κ3) is 11.7. The van der Waals surface area contributed by atoms with Crippen LogP contribution in [0.5, 0.6) is 0 Å². The van der Waals surface area contributed by atoms with Gasteiger partial charge in [0.15, 0.2) is 0 Å². The molecule has 9 rings (SSSR count). The third-order valence-electron chi connectivity index (χ3n) is 9.38. The van der Waals surface area contributed by atoms with E-state index in [9.17, 15) is 19.2 Å². The quantitative estimate of drug-likeness (QED) is 0.118. The number of methoxy groups -OCH3 is 1. The predicted octanol–water partition coefficient (Wildman–Crippen LogP) is 9.55. The van der Waals surface area contributed by atoms with Gasteiger partial charge in [-0.2, -0.15) is 0 Å². The summed E-state index contributed by atoms with van der Waals surface area (Å²) in [5.41, 5.74) is 2.94. The first-order chi connectivity index (χ1) is 29.2. The molecule has 6 aromatic heterocycles. The van der Waals surface area contributed by atoms with Crippen LogP contribution in [0.1, 0.15) is 64.5 Å². The second-order valence-corrected chi connectivity index (χ2v) is 18.4. The van der Waals surface area contributed by atoms with E-state index in [1.807, 2.05) is 88.1 Å². The van der Waals surface area contributed by atoms with Gasteiger partial charge in [0.2, 0.25) is 17.7 Å². The first-order valence-corrected chi connectivity index (χ1v) is 23.2. The van der Waals surface area contributed by atoms with Gasteiger partial charge in [-0.25, -0.2) is 14.8 Å². The van der Waals surface area contributed by atoms with Gasteiger partial charge in [0.1, 0.15) is 6.04 Å². The molecule has 4 N–H and O–H groups in total. The minimum atomic E-state index is -0.674. The van der Waals surface area contributed by atoms with E-state index >= 15 is 0 Å². The number of nitrogens with zero attached hydrogens (tertiary/aromatic N) is 4. The van der Waals surface area contributed by atoms with E-state index in [0.717, 1.165) is 68.8 Å². The summed E-state index contributed by atoms with van der Waals surface area (Å²) < 4.78 is 9.94. The molecule has 1 aromatic carbocycles. The molecular formula is C43H50N8O5S4. The lowest BCUT2D eigenvalue weighted by Crippen LogP contribution is -2.41. The number of benzene rings is 1. The standard InChI is InChI=1S/C18H10N4S4.C14H18N2O3.C8H14N2O2.C3H8/c1-11(9-5-19-7-21-9)23-15-3-17(25-13(1)15)18-4-16-14(26-18)2-12(24-16)10-6-20-8-22-10;1-19-14(18)15-12(11-7-3-2-4-8-11)13(17)16-9-5-6-10-16;1-7(11)9-6-8(12)10-4-2-3-5-10;1-3-2/h1-8H,(H,19,21)(H,20,22);2-4,7-8,12H,5-6,9-10H2,1H3,(H,15,18);2-6H2,1H3,(H,9,11);3H2,1-2H3. The van der Waals surface area contributed by atoms with Crippen molar-refractivity contribution in [3.05, 3.63) is 85.2 Å². The lowest BCUT2D eigenvalue weighted by Gasteiger charge is -2.23. The number of imidazole rings is 2. The summed E-state index contributed by atoms with van der Waals surface area (Å²) in [6.45, 7) is 9.01. The second-order valence-electron chi connectivity index (χ2n) is 14.0. The molecule has 60 heavy (non-hydrogen) atoms. The Hall–Kier alpha value is -5.36. The van der Waals surface area contributed by atoms with Gasteiger partial charge in [-0.05, 0) is 55.5 Å². The van der Waals surface area contributed by atoms with Crippen molar-refractivity contribution >= 4 is 88.0 Å². The SMILES string of the molecule is CC(=O)NCC(=O)N1CCCC1.CCC.COC(=O)NC(C(=O)N1CCCC1)c1ccccc1.c1ncc(-c2cc3sc(-c4cc5sc(-c6cnc[nH]6)cc5s4)cc3s2)[nH]1. The maximum absolute atomic E-state index is 12.5. The lowest BCUT2D eigenvalue weighted by molar-refractivity contribution is -0.132. The zero-order valence-electron chi connectivity index (χ0n) is 34.1. The summed E-state index contributed by atoms with van der Waals surface area (Å²) in [7, 11) is 1.29. The normalized spacial score (nSPS) is 13.7. The van der Waals surface area contributed by atoms with Crippen LogP contribution >= 0.6 is 45.3 Å². The molecule has 0 saturated carbocycles. The molecule has 0 radical (unpaired) electrons. The molecule has 2 aliphatic rings. The minimum absolute atomic E-state index is 0.0303. The van der Waals surface area contributed by atoms with Crippen LogP contribution in [-0.2, 0) is 19.1 Å². The molecule has 1 unspecified atom stereocenters. The van der Waals surface area contributed by atoms with Crippen LogP contribution in [0.4, 0.5) is 4.79 Å². The Kier molecular flexibility index (Phi) is 16.0. The first kappa shape index (κ1) is 44.2. The predicted molar refractivity (Wildman–Crippen MR) is 245 cm³/mol. The fraction of sp³-hybridized carbons (Fsp3) is 0.349. The lowest BCUT2D eigenvalue weighted by atomic mass is 10.1. The largest absolute Gasteiger partial charge is 0.453 e. The van der Waals surface area contributed by atoms with Gasteiger partial charge >= 0.3 is 6.09 Å². The molecule has 13 nitrogen and oxygen atoms in total. The van der Waals surface area contributed by atoms with Crippen molar-refractivity contribution in [2.45, 2.75) is 58.9 Å². The topological polar surface area (TPSA) is 165 Å². The Balaban J connectivity index is 0.000000156. The van der Waals surface area contributed by atoms with E-state index in [4.69, 9.17) is 0 Å². The molecule has 2 aliphatic heterocycles. The average Bonchev–Trinajstić information content (AvgIpc) is 4.09. The van der Waals surface area contributed by atoms with Gasteiger partial charge in [0, 0.05) is 61.7 Å². The van der Waals surface area contributed by atoms with Crippen LogP contribution in [0.15, 0.2) is 79.6 Å². The van der Waals surface area contributed by atoms with E-state index < -0.39 is 12.1 Å². The fourth-order valence-corrected chi connectivity index (χ4v) is 11.3. The third-order valence-corrected chi connectivity index (χ3v) is 14.2. The van der Waals surface area contributed by atoms with E-state index in [-0.39, 0.29) is 24.3 Å². The molecule has 0 bridgehead atoms. The van der Waals surface area contributed by atoms with Crippen LogP contribution < -0.4 is 10.6 Å². The molecule has 7 aromatic rings. The number of alkyl carbamates (subject to hydrolysis) is 1. The monoisotopic (exact) mass is 886 g/mol. The molecule has 8 heterocycles. The van der Waals surface area contributed by atoms with Crippen LogP contribution in [0.2, 0.25) is 0 Å². The molecule has 316 valence electrons. The number of rotatable bonds is 8. The molecular weight excluding hydrogens is 837 g/mol. The maximum Gasteiger partial charge on any atom is 0.407 e. The van der Waals surface area contributed by atoms with Crippen molar-refractivity contribution in [1.29, 1.82) is 0 Å². The summed E-state index contributed by atoms with van der Waals surface area (Å²) in [6.07, 6.45) is 12.1. The van der Waals surface area contributed by atoms with Gasteiger partial charge in [-0.1, -0.05) is 50.6 Å². The van der Waals surface area contributed by atoms with Crippen LogP contribution in [0.25, 0.3) is 49.7 Å². The maximum atomic E-state index is 12.5. The van der Waals surface area contributed by atoms with Crippen molar-refractivity contribution in [1.82, 2.24) is 40.4 Å². The molecule has 17 heteroatoms. The van der Waals surface area contributed by atoms with E-state index in [2.05, 4.69) is 73.4 Å². The highest BCUT2D eigenvalue weighted by Crippen LogP contribution is 2.46. The second kappa shape index (κ2) is 21.8. The Labute approximate surface area is 365 Å². The molecule has 2 fully saturated rings. The van der Waals surface area contributed by atoms with Gasteiger partial charge in [0.05, 0.1) is 59.8 Å². The van der Waals surface area contributed by atoms with Gasteiger partial charge in [-0.15, -0.1) is 45.3 Å². The Morgan fingerprint density at radius 1 is 0.717 bits per heavy atom. The highest BCUT2D eigenvalue weighted by molar-refractivity contribution is 7.35. The summed E-state index contributed by atoms with van der Waals surface area (Å²) in [6, 6.07) is 17.7. The number of thiophene rings is 4. The highest BCUT2D eigenvalue weighted by Gasteiger charge is 2.29. The summed E-state index contributed by atoms with van der Waals surface area (Å²) >= 11 is 7.36. The number of aromatic nitrogens is 4. The van der Waals surface area contributed by atoms with E-state index in [0.29, 0.717) is 0 Å². The number of ether oxygens (including phenoxy) is 1. The van der Waals surface area contributed by atoms with Crippen molar-refractivity contribution in [2.24, 2.45) is 0 Å². The zero-order chi connectivity index (χ0) is 42.4. The van der Waals surface area contributed by atoms with Crippen molar-refractivity contribution in [3.63, 3.8) is 0 Å². The number of aromatic amines is 2. The number of H-pyrrole nitrogens is 2. The first-order valence-electron chi connectivity index (χ1n) is 19.9. The number of hydrogen-bond acceptors (Lipinski definition) is 11. The molecule has 0 aliphatic carbocycles. The Morgan fingerprint density at radius 3 is 1.60 bits per heavy atom. The average molecular weight is 887 g/mol. The molecule has 1 atom stereocenters. The number of carbonyl (C=O) groups excluding carboxylic acids is 4. The highest BCUT2D eigenvalue weighted by atomic mass is 32.1. The number of amides is 4. The molecule has 0 spiro atoms. The number of nitrogens with one attached hydrogen (secondary N) is 4. The van der Waals surface area contributed by atoms with Gasteiger partial charge in [0.25, 0.3) is 0 Å². The van der Waals surface area contributed by atoms with E-state index in [1.54, 1.807) is 22.5 Å². The van der Waals surface area contributed by atoms with Crippen LogP contribution in [-0.4, -0.2) is 93.4 Å². The van der Waals surface area contributed by atoms with E-state index in [1.165, 1.54) is 58.8 Å². The summed E-state index contributed by atoms with van der Waals surface area (Å²) in [5, 5.41) is 5.10. The fourth-order valence-electron chi connectivity index (χ4n) is 6.47. The summed E-state index contributed by atoms with van der Waals surface area (Å²) in [4.78, 5) is 68.9. The van der Waals surface area contributed by atoms with Crippen LogP contribution in [0.3, 0.4) is 0 Å². The van der Waals surface area contributed by atoms with Gasteiger partial charge in [-0.3, -0.25) is 14.4 Å². The summed E-state index contributed by atoms with van der Waals surface area (Å²) in [5.74, 6) is -0.195. The Morgan fingerprint density at radius 2 is 1.17 bits per heavy atom. The van der Waals surface area contributed by atoms with Gasteiger partial charge < -0.3 is 35.1 Å². The zero-order valence-corrected chi connectivity index (χ0v) is 37.4. The van der Waals surface area contributed by atoms with Crippen LogP contribution in [0, 0.1) is 0 Å². The Bertz CT molecular complexity index is 2260. The van der Waals surface area contributed by atoms with Crippen molar-refractivity contribution in [2.75, 3.05) is 39.8 Å². The van der Waals surface area contributed by atoms with Crippen molar-refractivity contribution < 1.29 is 23.9 Å². The molecule has 4 amide bonds. The number of likely N-dealkylation sites (tertiary alicyclic amines) is 2. The number of hydrogen-bond donors (Lipinski definition) is 4. The minimum Gasteiger partial charge on any atom is -0.453 e. The molecule has 2 saturated heterocycles. The number of fused-ring (bicyclic) bond motifs is 2. The van der Waals surface area contributed by atoms with Crippen molar-refractivity contribution in [3.8, 4) is 30.9 Å². The number of carbonyl (C=O) groups is 4. The smallest absolute Gasteiger partial charge is 0.407 e.